The maximum absolute atomic E-state index is 4.48. The zero-order valence-electron chi connectivity index (χ0n) is 14.8. The Morgan fingerprint density at radius 1 is 0.913 bits per heavy atom. The Kier molecular flexibility index (Phi) is 3.42. The fourth-order valence-corrected chi connectivity index (χ4v) is 16.0. The van der Waals surface area contributed by atoms with Crippen molar-refractivity contribution in [1.82, 2.24) is 4.98 Å². The van der Waals surface area contributed by atoms with Crippen molar-refractivity contribution in [3.63, 3.8) is 0 Å². The van der Waals surface area contributed by atoms with Crippen LogP contribution in [-0.4, -0.2) is 12.6 Å². The molecule has 3 rings (SSSR count). The average molecular weight is 407 g/mol. The quantitative estimate of drug-likeness (QED) is 0.648. The van der Waals surface area contributed by atoms with Crippen molar-refractivity contribution < 1.29 is 10.2 Å². The summed E-state index contributed by atoms with van der Waals surface area (Å²) < 4.78 is 1.83. The SMILES string of the molecule is Cl.Cl.[CH3][Ti]([CH3])([CH3])([CH3])([CH3])(=[SiH2])([c]1ccc[nH]1)[CH]1C=Cc2ccccc21. The van der Waals surface area contributed by atoms with E-state index in [1.54, 1.807) is 0 Å². The van der Waals surface area contributed by atoms with Crippen molar-refractivity contribution in [2.24, 2.45) is 0 Å². The van der Waals surface area contributed by atoms with Gasteiger partial charge in [0.15, 0.2) is 0 Å². The monoisotopic (exact) mass is 406 g/mol. The number of aromatic nitrogens is 1. The van der Waals surface area contributed by atoms with Gasteiger partial charge in [0.05, 0.1) is 0 Å². The molecule has 1 atom stereocenters. The fraction of sp³-hybridized carbons (Fsp3) is 0.333. The van der Waals surface area contributed by atoms with E-state index in [0.29, 0.717) is 4.22 Å². The molecule has 1 nitrogen and oxygen atoms in total. The number of halogens is 2. The van der Waals surface area contributed by atoms with E-state index < -0.39 is 10.2 Å². The molecule has 1 aromatic heterocycles. The van der Waals surface area contributed by atoms with Crippen LogP contribution >= 0.6 is 24.8 Å². The summed E-state index contributed by atoms with van der Waals surface area (Å²) in [5.74, 6) is 0. The Balaban J connectivity index is 0.00000132. The first kappa shape index (κ1) is 20.8. The standard InChI is InChI=1S/C9H7.C4H4N.5CH3.2ClH.H2Si.Ti/c1-2-5-9-7-3-6-8(9)4-1;1-2-4-5-3-1;;;;;;;;;/h1-7H;1-3,5H;5*1H3;2*1H;1H2;. The molecular formula is C18H30Cl2NSiTi. The van der Waals surface area contributed by atoms with E-state index >= 15 is 0 Å². The van der Waals surface area contributed by atoms with Gasteiger partial charge in [-0.1, -0.05) is 0 Å². The van der Waals surface area contributed by atoms with Crippen LogP contribution in [0.25, 0.3) is 6.08 Å². The first-order chi connectivity index (χ1) is 9.15. The van der Waals surface area contributed by atoms with E-state index in [2.05, 4.69) is 93.5 Å². The number of hydrogen-bond donors (Lipinski definition) is 1. The van der Waals surface area contributed by atoms with Gasteiger partial charge in [0, 0.05) is 0 Å². The number of allylic oxidation sites excluding steroid dienone is 1. The van der Waals surface area contributed by atoms with Crippen molar-refractivity contribution in [3.8, 4) is 0 Å². The number of fused-ring (bicyclic) bond motifs is 1. The number of aromatic amines is 1. The Hall–Kier alpha value is -0.249. The second-order valence-electron chi connectivity index (χ2n) is 13.5. The molecule has 1 N–H and O–H groups in total. The van der Waals surface area contributed by atoms with Crippen molar-refractivity contribution in [3.05, 3.63) is 59.8 Å². The normalized spacial score (nSPS) is 23.1. The molecule has 0 aliphatic heterocycles. The third-order valence-electron chi connectivity index (χ3n) is 6.02. The van der Waals surface area contributed by atoms with Gasteiger partial charge in [-0.3, -0.25) is 0 Å². The van der Waals surface area contributed by atoms with Gasteiger partial charge >= 0.3 is 123 Å². The molecular weight excluding hydrogens is 377 g/mol. The average Bonchev–Trinajstić information content (AvgIpc) is 2.97. The second-order valence-corrected chi connectivity index (χ2v) is 64.3. The van der Waals surface area contributed by atoms with Crippen LogP contribution in [0.4, 0.5) is 0 Å². The van der Waals surface area contributed by atoms with Gasteiger partial charge < -0.3 is 0 Å². The van der Waals surface area contributed by atoms with Crippen LogP contribution in [0.2, 0.25) is 26.1 Å². The van der Waals surface area contributed by atoms with Crippen LogP contribution in [0.5, 0.6) is 0 Å². The first-order valence-electron chi connectivity index (χ1n) is 7.96. The molecule has 23 heavy (non-hydrogen) atoms. The summed E-state index contributed by atoms with van der Waals surface area (Å²) >= 11 is 0. The first-order valence-corrected chi connectivity index (χ1v) is 21.5. The van der Waals surface area contributed by atoms with Gasteiger partial charge in [0.2, 0.25) is 0 Å². The summed E-state index contributed by atoms with van der Waals surface area (Å²) in [5.41, 5.74) is 2.84. The van der Waals surface area contributed by atoms with E-state index in [1.807, 2.05) is 0 Å². The van der Waals surface area contributed by atoms with E-state index in [1.165, 1.54) is 15.1 Å². The topological polar surface area (TPSA) is 15.8 Å². The number of nitrogens with one attached hydrogen (secondary N) is 1. The van der Waals surface area contributed by atoms with Gasteiger partial charge in [0.25, 0.3) is 0 Å². The summed E-state index contributed by atoms with van der Waals surface area (Å²) in [4.78, 5) is 3.59. The summed E-state index contributed by atoms with van der Waals surface area (Å²) in [6.45, 7) is 0. The van der Waals surface area contributed by atoms with Crippen molar-refractivity contribution in [2.75, 3.05) is 0 Å². The molecule has 5 heteroatoms. The van der Waals surface area contributed by atoms with Crippen LogP contribution in [0.15, 0.2) is 48.7 Å². The molecule has 0 radical (unpaired) electrons. The summed E-state index contributed by atoms with van der Waals surface area (Å²) in [6, 6.07) is 13.3. The van der Waals surface area contributed by atoms with Gasteiger partial charge in [-0.05, 0) is 0 Å². The van der Waals surface area contributed by atoms with E-state index in [0.717, 1.165) is 0 Å². The molecule has 129 valence electrons. The fourth-order valence-electron chi connectivity index (χ4n) is 4.29. The number of hydrogen-bond acceptors (Lipinski definition) is 0. The van der Waals surface area contributed by atoms with Crippen LogP contribution in [0.1, 0.15) is 15.3 Å². The third-order valence-corrected chi connectivity index (χ3v) is 22.0. The molecule has 0 amide bonds. The van der Waals surface area contributed by atoms with E-state index in [-0.39, 0.29) is 24.8 Å². The molecule has 0 spiro atoms. The second kappa shape index (κ2) is 3.78. The van der Waals surface area contributed by atoms with Crippen LogP contribution in [0.3, 0.4) is 0 Å². The Morgan fingerprint density at radius 2 is 1.52 bits per heavy atom. The molecule has 1 aliphatic carbocycles. The van der Waals surface area contributed by atoms with Crippen molar-refractivity contribution in [1.29, 1.82) is 0 Å². The minimum atomic E-state index is -4.48. The molecule has 0 fully saturated rings. The molecule has 0 saturated carbocycles. The third kappa shape index (κ3) is 2.83. The van der Waals surface area contributed by atoms with Crippen LogP contribution in [0, 0.1) is 0 Å². The van der Waals surface area contributed by atoms with Crippen molar-refractivity contribution >= 4 is 42.5 Å². The minimum absolute atomic E-state index is 0. The number of rotatable bonds is 2. The van der Waals surface area contributed by atoms with E-state index in [4.69, 9.17) is 0 Å². The Labute approximate surface area is 147 Å². The zero-order valence-corrected chi connectivity index (χ0v) is 19.4. The molecule has 1 unspecified atom stereocenters. The predicted octanol–water partition coefficient (Wildman–Crippen LogP) is 5.34. The molecule has 1 heterocycles. The molecule has 1 aliphatic rings. The predicted molar refractivity (Wildman–Crippen MR) is 111 cm³/mol. The molecule has 0 bridgehead atoms. The Bertz CT molecular complexity index is 928. The number of H-pyrrole nitrogens is 1. The zero-order chi connectivity index (χ0) is 15.7. The van der Waals surface area contributed by atoms with Crippen molar-refractivity contribution in [2.45, 2.75) is 30.4 Å². The summed E-state index contributed by atoms with van der Waals surface area (Å²) in [6.07, 6.45) is 6.82. The molecule has 2 aromatic rings. The number of benzene rings is 1. The molecule has 1 aromatic carbocycles. The maximum atomic E-state index is 3.59. The Morgan fingerprint density at radius 3 is 2.09 bits per heavy atom. The van der Waals surface area contributed by atoms with E-state index in [9.17, 15) is 0 Å². The van der Waals surface area contributed by atoms with Crippen LogP contribution < -0.4 is 4.00 Å². The van der Waals surface area contributed by atoms with Gasteiger partial charge in [-0.2, -0.15) is 0 Å². The van der Waals surface area contributed by atoms with Gasteiger partial charge in [-0.15, -0.1) is 24.8 Å². The summed E-state index contributed by atoms with van der Waals surface area (Å²) in [5, 5.41) is 12.8. The molecule has 0 saturated heterocycles. The summed E-state index contributed by atoms with van der Waals surface area (Å²) in [7, 11) is -2.22. The van der Waals surface area contributed by atoms with Crippen LogP contribution in [-0.2, 0) is 10.2 Å². The van der Waals surface area contributed by atoms with Gasteiger partial charge in [0.1, 0.15) is 0 Å². The van der Waals surface area contributed by atoms with Gasteiger partial charge in [-0.25, -0.2) is 0 Å².